The number of nitrogens with zero attached hydrogens (tertiary/aromatic N) is 4. The summed E-state index contributed by atoms with van der Waals surface area (Å²) in [5.74, 6) is 0.472. The highest BCUT2D eigenvalue weighted by Gasteiger charge is 2.18. The number of carbonyl (C=O) groups is 1. The van der Waals surface area contributed by atoms with Gasteiger partial charge in [-0.15, -0.1) is 11.3 Å². The topological polar surface area (TPSA) is 88.8 Å². The third kappa shape index (κ3) is 5.05. The molecule has 0 saturated carbocycles. The highest BCUT2D eigenvalue weighted by atomic mass is 32.1. The van der Waals surface area contributed by atoms with Gasteiger partial charge in [0.2, 0.25) is 0 Å². The van der Waals surface area contributed by atoms with E-state index in [-0.39, 0.29) is 11.5 Å². The standard InChI is InChI=1S/C30H23N5O3S.C2H6/c36-27-17-26(34-12-14-38-15-13-34)33-29-23(7-3-11-35(27)29)21-5-1-6-22-24-16-20(8-9-25(24)39-28(21)22)32-30(37)19-4-2-10-31-18-19;1-2/h1-11,16-18H,12-15H2,(H,32,37);1-2H3. The Bertz CT molecular complexity index is 1930. The van der Waals surface area contributed by atoms with Gasteiger partial charge in [0.15, 0.2) is 0 Å². The molecule has 1 aliphatic rings. The summed E-state index contributed by atoms with van der Waals surface area (Å²) in [4.78, 5) is 36.9. The summed E-state index contributed by atoms with van der Waals surface area (Å²) < 4.78 is 9.30. The van der Waals surface area contributed by atoms with Crippen LogP contribution in [0, 0.1) is 0 Å². The lowest BCUT2D eigenvalue weighted by Gasteiger charge is -2.27. The molecular weight excluding hydrogens is 534 g/mol. The fourth-order valence-electron chi connectivity index (χ4n) is 5.07. The van der Waals surface area contributed by atoms with E-state index in [2.05, 4.69) is 27.3 Å². The van der Waals surface area contributed by atoms with Gasteiger partial charge in [-0.2, -0.15) is 0 Å². The van der Waals surface area contributed by atoms with Gasteiger partial charge >= 0.3 is 0 Å². The van der Waals surface area contributed by atoms with Gasteiger partial charge in [-0.1, -0.05) is 32.0 Å². The molecule has 9 heteroatoms. The summed E-state index contributed by atoms with van der Waals surface area (Å²) >= 11 is 1.69. The second-order valence-electron chi connectivity index (χ2n) is 9.36. The zero-order valence-corrected chi connectivity index (χ0v) is 23.6. The maximum Gasteiger partial charge on any atom is 0.259 e. The smallest absolute Gasteiger partial charge is 0.259 e. The molecule has 0 atom stereocenters. The van der Waals surface area contributed by atoms with E-state index in [9.17, 15) is 9.59 Å². The molecule has 1 aliphatic heterocycles. The van der Waals surface area contributed by atoms with Gasteiger partial charge in [0.05, 0.1) is 18.8 Å². The Balaban J connectivity index is 0.00000148. The first-order chi connectivity index (χ1) is 20.2. The number of pyridine rings is 2. The van der Waals surface area contributed by atoms with Crippen molar-refractivity contribution in [1.82, 2.24) is 14.4 Å². The summed E-state index contributed by atoms with van der Waals surface area (Å²) in [5, 5.41) is 5.12. The molecule has 0 unspecified atom stereocenters. The van der Waals surface area contributed by atoms with Crippen LogP contribution >= 0.6 is 11.3 Å². The number of hydrogen-bond donors (Lipinski definition) is 1. The lowest BCUT2D eigenvalue weighted by Crippen LogP contribution is -2.37. The first kappa shape index (κ1) is 26.6. The number of aromatic nitrogens is 3. The molecule has 2 aromatic carbocycles. The van der Waals surface area contributed by atoms with E-state index in [1.54, 1.807) is 52.5 Å². The molecule has 0 bridgehead atoms. The average molecular weight is 564 g/mol. The van der Waals surface area contributed by atoms with Crippen molar-refractivity contribution in [3.05, 3.63) is 101 Å². The molecule has 6 aromatic rings. The van der Waals surface area contributed by atoms with E-state index in [4.69, 9.17) is 9.72 Å². The van der Waals surface area contributed by atoms with Crippen molar-refractivity contribution in [1.29, 1.82) is 0 Å². The summed E-state index contributed by atoms with van der Waals surface area (Å²) in [6.07, 6.45) is 4.96. The summed E-state index contributed by atoms with van der Waals surface area (Å²) in [6.45, 7) is 6.65. The molecule has 206 valence electrons. The fraction of sp³-hybridized carbons (Fsp3) is 0.188. The Morgan fingerprint density at radius 1 is 0.951 bits per heavy atom. The minimum atomic E-state index is -0.203. The van der Waals surface area contributed by atoms with E-state index >= 15 is 0 Å². The fourth-order valence-corrected chi connectivity index (χ4v) is 6.28. The number of thiophene rings is 1. The zero-order valence-electron chi connectivity index (χ0n) is 22.8. The highest BCUT2D eigenvalue weighted by molar-refractivity contribution is 7.26. The minimum Gasteiger partial charge on any atom is -0.378 e. The average Bonchev–Trinajstić information content (AvgIpc) is 3.41. The quantitative estimate of drug-likeness (QED) is 0.273. The molecule has 0 spiro atoms. The molecule has 8 nitrogen and oxygen atoms in total. The molecule has 7 rings (SSSR count). The highest BCUT2D eigenvalue weighted by Crippen LogP contribution is 2.41. The number of rotatable bonds is 4. The van der Waals surface area contributed by atoms with Crippen molar-refractivity contribution in [2.45, 2.75) is 13.8 Å². The summed E-state index contributed by atoms with van der Waals surface area (Å²) in [6, 6.07) is 21.1. The van der Waals surface area contributed by atoms with Crippen molar-refractivity contribution in [2.24, 2.45) is 0 Å². The monoisotopic (exact) mass is 563 g/mol. The number of carbonyl (C=O) groups excluding carboxylic acids is 1. The number of hydrogen-bond acceptors (Lipinski definition) is 7. The van der Waals surface area contributed by atoms with Crippen LogP contribution in [0.4, 0.5) is 11.5 Å². The molecule has 1 N–H and O–H groups in total. The minimum absolute atomic E-state index is 0.110. The zero-order chi connectivity index (χ0) is 28.3. The largest absolute Gasteiger partial charge is 0.378 e. The van der Waals surface area contributed by atoms with Crippen LogP contribution in [0.5, 0.6) is 0 Å². The van der Waals surface area contributed by atoms with Gasteiger partial charge < -0.3 is 15.0 Å². The number of anilines is 2. The number of benzene rings is 2. The second-order valence-corrected chi connectivity index (χ2v) is 10.4. The number of fused-ring (bicyclic) bond motifs is 4. The van der Waals surface area contributed by atoms with Crippen LogP contribution < -0.4 is 15.8 Å². The molecule has 1 amide bonds. The van der Waals surface area contributed by atoms with Crippen LogP contribution in [0.1, 0.15) is 24.2 Å². The number of ether oxygens (including phenoxy) is 1. The van der Waals surface area contributed by atoms with Crippen LogP contribution in [0.15, 0.2) is 90.1 Å². The summed E-state index contributed by atoms with van der Waals surface area (Å²) in [5.41, 5.74) is 3.65. The van der Waals surface area contributed by atoms with Crippen LogP contribution in [0.3, 0.4) is 0 Å². The lowest BCUT2D eigenvalue weighted by molar-refractivity contribution is 0.102. The molecule has 5 heterocycles. The third-order valence-electron chi connectivity index (χ3n) is 6.98. The van der Waals surface area contributed by atoms with Crippen molar-refractivity contribution in [3.63, 3.8) is 0 Å². The molecule has 1 fully saturated rings. The van der Waals surface area contributed by atoms with Gasteiger partial charge in [-0.3, -0.25) is 19.0 Å². The second kappa shape index (κ2) is 11.5. The Morgan fingerprint density at radius 2 is 1.78 bits per heavy atom. The Morgan fingerprint density at radius 3 is 2.59 bits per heavy atom. The van der Waals surface area contributed by atoms with Gasteiger partial charge in [-0.25, -0.2) is 4.98 Å². The van der Waals surface area contributed by atoms with Gasteiger partial charge in [-0.05, 0) is 42.5 Å². The molecule has 41 heavy (non-hydrogen) atoms. The molecule has 4 aromatic heterocycles. The van der Waals surface area contributed by atoms with E-state index in [0.717, 1.165) is 37.0 Å². The lowest BCUT2D eigenvalue weighted by atomic mass is 10.0. The third-order valence-corrected chi connectivity index (χ3v) is 8.20. The first-order valence-corrected chi connectivity index (χ1v) is 14.5. The maximum absolute atomic E-state index is 13.1. The van der Waals surface area contributed by atoms with Crippen LogP contribution in [0.2, 0.25) is 0 Å². The van der Waals surface area contributed by atoms with Crippen LogP contribution in [-0.2, 0) is 4.74 Å². The Labute approximate surface area is 240 Å². The summed E-state index contributed by atoms with van der Waals surface area (Å²) in [7, 11) is 0. The van der Waals surface area contributed by atoms with E-state index in [0.29, 0.717) is 43.3 Å². The first-order valence-electron chi connectivity index (χ1n) is 13.7. The SMILES string of the molecule is CC.O=C(Nc1ccc2sc3c(-c4cccn5c(=O)cc(N6CCOCC6)nc45)cccc3c2c1)c1cccnc1. The molecule has 0 radical (unpaired) electrons. The van der Waals surface area contributed by atoms with E-state index < -0.39 is 0 Å². The number of amides is 1. The number of morpholine rings is 1. The Hall–Kier alpha value is -4.60. The van der Waals surface area contributed by atoms with E-state index in [1.807, 2.05) is 50.2 Å². The van der Waals surface area contributed by atoms with Crippen molar-refractivity contribution >= 4 is 54.6 Å². The molecular formula is C32H29N5O3S. The predicted octanol–water partition coefficient (Wildman–Crippen LogP) is 6.24. The maximum atomic E-state index is 13.1. The normalized spacial score (nSPS) is 13.3. The van der Waals surface area contributed by atoms with Crippen LogP contribution in [-0.4, -0.2) is 46.6 Å². The van der Waals surface area contributed by atoms with Crippen LogP contribution in [0.25, 0.3) is 36.9 Å². The van der Waals surface area contributed by atoms with Gasteiger partial charge in [0.25, 0.3) is 11.5 Å². The van der Waals surface area contributed by atoms with Crippen molar-refractivity contribution in [2.75, 3.05) is 36.5 Å². The van der Waals surface area contributed by atoms with Gasteiger partial charge in [0.1, 0.15) is 11.5 Å². The van der Waals surface area contributed by atoms with E-state index in [1.165, 1.54) is 0 Å². The molecule has 1 saturated heterocycles. The molecule has 0 aliphatic carbocycles. The Kier molecular flexibility index (Phi) is 7.45. The predicted molar refractivity (Wildman–Crippen MR) is 166 cm³/mol. The van der Waals surface area contributed by atoms with Gasteiger partial charge in [0, 0.05) is 74.7 Å². The number of nitrogens with one attached hydrogen (secondary N) is 1. The van der Waals surface area contributed by atoms with Crippen molar-refractivity contribution in [3.8, 4) is 11.1 Å². The van der Waals surface area contributed by atoms with Crippen molar-refractivity contribution < 1.29 is 9.53 Å².